The van der Waals surface area contributed by atoms with Crippen molar-refractivity contribution >= 4 is 9.84 Å². The lowest BCUT2D eigenvalue weighted by Gasteiger charge is -2.11. The normalized spacial score (nSPS) is 11.3. The van der Waals surface area contributed by atoms with Crippen molar-refractivity contribution in [2.75, 3.05) is 14.2 Å². The third-order valence-electron chi connectivity index (χ3n) is 3.96. The highest BCUT2D eigenvalue weighted by Crippen LogP contribution is 2.29. The van der Waals surface area contributed by atoms with E-state index in [1.165, 1.54) is 11.8 Å². The second kappa shape index (κ2) is 7.17. The van der Waals surface area contributed by atoms with E-state index in [1.807, 2.05) is 6.07 Å². The Morgan fingerprint density at radius 2 is 1.77 bits per heavy atom. The van der Waals surface area contributed by atoms with Crippen LogP contribution < -0.4 is 9.47 Å². The van der Waals surface area contributed by atoms with Crippen molar-refractivity contribution in [3.63, 3.8) is 0 Å². The van der Waals surface area contributed by atoms with Crippen molar-refractivity contribution < 1.29 is 17.9 Å². The zero-order chi connectivity index (χ0) is 18.7. The minimum absolute atomic E-state index is 0.0498. The van der Waals surface area contributed by atoms with Gasteiger partial charge >= 0.3 is 0 Å². The molecule has 0 radical (unpaired) electrons. The number of benzene rings is 2. The topological polar surface area (TPSA) is 83.3 Å². The maximum atomic E-state index is 12.8. The number of methoxy groups -OCH3 is 2. The fourth-order valence-corrected chi connectivity index (χ4v) is 4.12. The SMILES string of the molecule is COc1ccc(OC)c(-n2nnc(S(=O)(=O)Cc3ccccc3)c2C)c1. The van der Waals surface area contributed by atoms with Gasteiger partial charge in [-0.15, -0.1) is 5.10 Å². The van der Waals surface area contributed by atoms with Crippen molar-refractivity contribution in [3.8, 4) is 17.2 Å². The van der Waals surface area contributed by atoms with Gasteiger partial charge in [-0.3, -0.25) is 0 Å². The molecule has 0 spiro atoms. The van der Waals surface area contributed by atoms with Crippen molar-refractivity contribution in [2.24, 2.45) is 0 Å². The Kier molecular flexibility index (Phi) is 4.94. The van der Waals surface area contributed by atoms with Crippen LogP contribution in [0.3, 0.4) is 0 Å². The number of rotatable bonds is 6. The molecule has 26 heavy (non-hydrogen) atoms. The van der Waals surface area contributed by atoms with Crippen molar-refractivity contribution in [1.82, 2.24) is 15.0 Å². The molecule has 0 fully saturated rings. The smallest absolute Gasteiger partial charge is 0.203 e. The van der Waals surface area contributed by atoms with Crippen LogP contribution in [0.2, 0.25) is 0 Å². The first-order valence-electron chi connectivity index (χ1n) is 7.87. The molecular weight excluding hydrogens is 354 g/mol. The average Bonchev–Trinajstić information content (AvgIpc) is 3.04. The molecule has 1 aromatic heterocycles. The highest BCUT2D eigenvalue weighted by atomic mass is 32.2. The summed E-state index contributed by atoms with van der Waals surface area (Å²) >= 11 is 0. The molecule has 0 aliphatic carbocycles. The van der Waals surface area contributed by atoms with Crippen LogP contribution in [-0.4, -0.2) is 37.6 Å². The first-order valence-corrected chi connectivity index (χ1v) is 9.53. The highest BCUT2D eigenvalue weighted by molar-refractivity contribution is 7.90. The van der Waals surface area contributed by atoms with Gasteiger partial charge in [0, 0.05) is 6.07 Å². The van der Waals surface area contributed by atoms with E-state index < -0.39 is 9.84 Å². The van der Waals surface area contributed by atoms with Gasteiger partial charge < -0.3 is 9.47 Å². The fourth-order valence-electron chi connectivity index (χ4n) is 2.66. The molecule has 0 unspecified atom stereocenters. The van der Waals surface area contributed by atoms with Crippen molar-refractivity contribution in [1.29, 1.82) is 0 Å². The molecule has 1 heterocycles. The Morgan fingerprint density at radius 1 is 1.04 bits per heavy atom. The molecule has 0 amide bonds. The molecule has 7 nitrogen and oxygen atoms in total. The van der Waals surface area contributed by atoms with Gasteiger partial charge in [-0.25, -0.2) is 13.1 Å². The van der Waals surface area contributed by atoms with Crippen LogP contribution in [0.1, 0.15) is 11.3 Å². The molecule has 0 N–H and O–H groups in total. The number of ether oxygens (including phenoxy) is 2. The van der Waals surface area contributed by atoms with E-state index in [0.717, 1.165) is 0 Å². The standard InChI is InChI=1S/C18H19N3O4S/c1-13-18(26(22,23)12-14-7-5-4-6-8-14)19-20-21(13)16-11-15(24-2)9-10-17(16)25-3/h4-11H,12H2,1-3H3. The van der Waals surface area contributed by atoms with Gasteiger partial charge in [-0.1, -0.05) is 35.5 Å². The second-order valence-electron chi connectivity index (χ2n) is 5.67. The van der Waals surface area contributed by atoms with E-state index in [9.17, 15) is 8.42 Å². The van der Waals surface area contributed by atoms with Crippen LogP contribution in [0.25, 0.3) is 5.69 Å². The van der Waals surface area contributed by atoms with Crippen LogP contribution >= 0.6 is 0 Å². The highest BCUT2D eigenvalue weighted by Gasteiger charge is 2.25. The van der Waals surface area contributed by atoms with E-state index in [0.29, 0.717) is 28.4 Å². The second-order valence-corrected chi connectivity index (χ2v) is 7.58. The number of sulfone groups is 1. The summed E-state index contributed by atoms with van der Waals surface area (Å²) in [6, 6.07) is 14.2. The molecular formula is C18H19N3O4S. The maximum Gasteiger partial charge on any atom is 0.203 e. The van der Waals surface area contributed by atoms with Gasteiger partial charge in [0.15, 0.2) is 0 Å². The molecule has 3 aromatic rings. The lowest BCUT2D eigenvalue weighted by Crippen LogP contribution is -2.08. The van der Waals surface area contributed by atoms with Gasteiger partial charge in [0.2, 0.25) is 14.9 Å². The van der Waals surface area contributed by atoms with E-state index in [4.69, 9.17) is 9.47 Å². The van der Waals surface area contributed by atoms with Gasteiger partial charge in [0.1, 0.15) is 17.2 Å². The summed E-state index contributed by atoms with van der Waals surface area (Å²) in [5.41, 5.74) is 1.66. The van der Waals surface area contributed by atoms with E-state index >= 15 is 0 Å². The van der Waals surface area contributed by atoms with E-state index in [2.05, 4.69) is 10.3 Å². The summed E-state index contributed by atoms with van der Waals surface area (Å²) in [6.07, 6.45) is 0. The Bertz CT molecular complexity index is 1010. The van der Waals surface area contributed by atoms with Crippen molar-refractivity contribution in [3.05, 3.63) is 59.8 Å². The summed E-state index contributed by atoms with van der Waals surface area (Å²) < 4.78 is 37.6. The van der Waals surface area contributed by atoms with Crippen LogP contribution in [0.5, 0.6) is 11.5 Å². The Morgan fingerprint density at radius 3 is 2.42 bits per heavy atom. The minimum Gasteiger partial charge on any atom is -0.497 e. The lowest BCUT2D eigenvalue weighted by molar-refractivity contribution is 0.400. The maximum absolute atomic E-state index is 12.8. The Balaban J connectivity index is 2.03. The zero-order valence-corrected chi connectivity index (χ0v) is 15.5. The van der Waals surface area contributed by atoms with Crippen molar-refractivity contribution in [2.45, 2.75) is 17.7 Å². The quantitative estimate of drug-likeness (QED) is 0.660. The molecule has 0 aliphatic heterocycles. The van der Waals surface area contributed by atoms with E-state index in [-0.39, 0.29) is 10.8 Å². The molecule has 0 aliphatic rings. The van der Waals surface area contributed by atoms with Crippen LogP contribution in [-0.2, 0) is 15.6 Å². The molecule has 0 atom stereocenters. The monoisotopic (exact) mass is 373 g/mol. The lowest BCUT2D eigenvalue weighted by atomic mass is 10.2. The Labute approximate surface area is 152 Å². The van der Waals surface area contributed by atoms with Crippen LogP contribution in [0, 0.1) is 6.92 Å². The zero-order valence-electron chi connectivity index (χ0n) is 14.7. The van der Waals surface area contributed by atoms with Gasteiger partial charge in [0.05, 0.1) is 25.7 Å². The number of aromatic nitrogens is 3. The minimum atomic E-state index is -3.63. The number of hydrogen-bond donors (Lipinski definition) is 0. The van der Waals surface area contributed by atoms with Gasteiger partial charge in [-0.05, 0) is 24.6 Å². The summed E-state index contributed by atoms with van der Waals surface area (Å²) in [5, 5.41) is 7.90. The van der Waals surface area contributed by atoms with Crippen LogP contribution in [0.15, 0.2) is 53.6 Å². The molecule has 3 rings (SSSR count). The summed E-state index contributed by atoms with van der Waals surface area (Å²) in [5.74, 6) is 0.998. The number of hydrogen-bond acceptors (Lipinski definition) is 6. The molecule has 0 saturated heterocycles. The third kappa shape index (κ3) is 3.41. The molecule has 136 valence electrons. The third-order valence-corrected chi connectivity index (χ3v) is 5.64. The first-order chi connectivity index (χ1) is 12.5. The molecule has 8 heteroatoms. The molecule has 0 bridgehead atoms. The largest absolute Gasteiger partial charge is 0.497 e. The summed E-state index contributed by atoms with van der Waals surface area (Å²) in [6.45, 7) is 1.66. The average molecular weight is 373 g/mol. The summed E-state index contributed by atoms with van der Waals surface area (Å²) in [7, 11) is -0.549. The van der Waals surface area contributed by atoms with Gasteiger partial charge in [0.25, 0.3) is 0 Å². The van der Waals surface area contributed by atoms with E-state index in [1.54, 1.807) is 56.5 Å². The van der Waals surface area contributed by atoms with Crippen LogP contribution in [0.4, 0.5) is 0 Å². The fraction of sp³-hybridized carbons (Fsp3) is 0.222. The molecule has 2 aromatic carbocycles. The predicted molar refractivity (Wildman–Crippen MR) is 96.5 cm³/mol. The molecule has 0 saturated carbocycles. The van der Waals surface area contributed by atoms with Gasteiger partial charge in [-0.2, -0.15) is 0 Å². The first kappa shape index (κ1) is 17.9. The number of nitrogens with zero attached hydrogens (tertiary/aromatic N) is 3. The Hall–Kier alpha value is -2.87. The summed E-state index contributed by atoms with van der Waals surface area (Å²) in [4.78, 5) is 0. The predicted octanol–water partition coefficient (Wildman–Crippen LogP) is 2.57.